The first kappa shape index (κ1) is 8.44. The summed E-state index contributed by atoms with van der Waals surface area (Å²) in [5.41, 5.74) is -1.81. The number of rotatable bonds is 1. The van der Waals surface area contributed by atoms with Crippen LogP contribution in [0.2, 0.25) is 0 Å². The van der Waals surface area contributed by atoms with Crippen LogP contribution < -0.4 is 0 Å². The Morgan fingerprint density at radius 3 is 2.38 bits per heavy atom. The molecule has 0 aromatic heterocycles. The highest BCUT2D eigenvalue weighted by molar-refractivity contribution is 5.37. The first-order chi connectivity index (χ1) is 6.04. The minimum atomic E-state index is -1.40. The minimum absolute atomic E-state index is 0.338. The van der Waals surface area contributed by atoms with Gasteiger partial charge in [0.2, 0.25) is 0 Å². The summed E-state index contributed by atoms with van der Waals surface area (Å²) < 4.78 is 26.2. The van der Waals surface area contributed by atoms with Gasteiger partial charge in [-0.2, -0.15) is 0 Å². The maximum Gasteiger partial charge on any atom is 0.173 e. The lowest BCUT2D eigenvalue weighted by atomic mass is 10.1. The zero-order valence-electron chi connectivity index (χ0n) is 6.72. The Morgan fingerprint density at radius 2 is 1.85 bits per heavy atom. The molecule has 0 spiro atoms. The third-order valence-electron chi connectivity index (χ3n) is 2.26. The zero-order valence-corrected chi connectivity index (χ0v) is 6.72. The maximum absolute atomic E-state index is 13.1. The van der Waals surface area contributed by atoms with Gasteiger partial charge in [0.15, 0.2) is 11.6 Å². The van der Waals surface area contributed by atoms with E-state index < -0.39 is 28.5 Å². The lowest BCUT2D eigenvalue weighted by molar-refractivity contribution is 0.140. The van der Waals surface area contributed by atoms with Gasteiger partial charge >= 0.3 is 0 Å². The lowest BCUT2D eigenvalue weighted by Gasteiger charge is -2.10. The van der Waals surface area contributed by atoms with Crippen LogP contribution in [0.3, 0.4) is 0 Å². The van der Waals surface area contributed by atoms with Crippen LogP contribution in [-0.2, 0) is 5.60 Å². The Hall–Kier alpha value is -1.16. The number of aliphatic hydroxyl groups is 1. The molecule has 1 aliphatic carbocycles. The van der Waals surface area contributed by atoms with Crippen molar-refractivity contribution in [2.75, 3.05) is 0 Å². The second-order valence-electron chi connectivity index (χ2n) is 3.29. The topological polar surface area (TPSA) is 40.5 Å². The number of phenolic OH excluding ortho intramolecular Hbond substituents is 1. The molecule has 1 aromatic rings. The molecule has 1 fully saturated rings. The number of halogens is 2. The van der Waals surface area contributed by atoms with Crippen LogP contribution >= 0.6 is 0 Å². The average molecular weight is 186 g/mol. The van der Waals surface area contributed by atoms with Crippen LogP contribution in [0.5, 0.6) is 5.75 Å². The molecule has 1 aliphatic rings. The van der Waals surface area contributed by atoms with Gasteiger partial charge in [-0.15, -0.1) is 0 Å². The van der Waals surface area contributed by atoms with Gasteiger partial charge in [0.25, 0.3) is 0 Å². The fourth-order valence-corrected chi connectivity index (χ4v) is 1.34. The maximum atomic E-state index is 13.1. The second kappa shape index (κ2) is 2.42. The van der Waals surface area contributed by atoms with E-state index in [0.717, 1.165) is 12.1 Å². The van der Waals surface area contributed by atoms with Crippen LogP contribution in [0.25, 0.3) is 0 Å². The molecular weight excluding hydrogens is 178 g/mol. The third-order valence-corrected chi connectivity index (χ3v) is 2.26. The highest BCUT2D eigenvalue weighted by Gasteiger charge is 2.46. The number of hydrogen-bond acceptors (Lipinski definition) is 2. The molecule has 0 atom stereocenters. The fourth-order valence-electron chi connectivity index (χ4n) is 1.34. The Bertz CT molecular complexity index is 359. The van der Waals surface area contributed by atoms with Gasteiger partial charge in [-0.25, -0.2) is 8.78 Å². The van der Waals surface area contributed by atoms with Crippen molar-refractivity contribution in [2.45, 2.75) is 18.4 Å². The molecule has 70 valence electrons. The van der Waals surface area contributed by atoms with E-state index in [1.165, 1.54) is 0 Å². The van der Waals surface area contributed by atoms with E-state index in [-0.39, 0.29) is 0 Å². The summed E-state index contributed by atoms with van der Waals surface area (Å²) in [5, 5.41) is 18.5. The van der Waals surface area contributed by atoms with Crippen LogP contribution in [0.15, 0.2) is 12.1 Å². The largest absolute Gasteiger partial charge is 0.505 e. The van der Waals surface area contributed by atoms with E-state index in [9.17, 15) is 13.9 Å². The monoisotopic (exact) mass is 186 g/mol. The van der Waals surface area contributed by atoms with Crippen LogP contribution in [0, 0.1) is 11.6 Å². The van der Waals surface area contributed by atoms with Gasteiger partial charge in [0.1, 0.15) is 5.82 Å². The Labute approximate surface area is 73.4 Å². The molecule has 0 radical (unpaired) electrons. The van der Waals surface area contributed by atoms with Gasteiger partial charge in [-0.1, -0.05) is 0 Å². The van der Waals surface area contributed by atoms with Gasteiger partial charge in [-0.3, -0.25) is 0 Å². The molecular formula is C9H8F2O2. The summed E-state index contributed by atoms with van der Waals surface area (Å²) in [5.74, 6) is -2.49. The summed E-state index contributed by atoms with van der Waals surface area (Å²) >= 11 is 0. The van der Waals surface area contributed by atoms with Gasteiger partial charge in [0, 0.05) is 0 Å². The van der Waals surface area contributed by atoms with Crippen molar-refractivity contribution < 1.29 is 19.0 Å². The smallest absolute Gasteiger partial charge is 0.173 e. The predicted molar refractivity (Wildman–Crippen MR) is 41.2 cm³/mol. The number of hydrogen-bond donors (Lipinski definition) is 2. The highest BCUT2D eigenvalue weighted by Crippen LogP contribution is 2.48. The molecule has 13 heavy (non-hydrogen) atoms. The first-order valence-electron chi connectivity index (χ1n) is 3.94. The third kappa shape index (κ3) is 1.18. The van der Waals surface area contributed by atoms with E-state index in [0.29, 0.717) is 12.8 Å². The summed E-state index contributed by atoms with van der Waals surface area (Å²) in [6.45, 7) is 0. The Morgan fingerprint density at radius 1 is 1.23 bits per heavy atom. The van der Waals surface area contributed by atoms with Crippen molar-refractivity contribution >= 4 is 0 Å². The van der Waals surface area contributed by atoms with Crippen molar-refractivity contribution in [2.24, 2.45) is 0 Å². The molecule has 0 unspecified atom stereocenters. The molecule has 0 bridgehead atoms. The van der Waals surface area contributed by atoms with Gasteiger partial charge in [0.05, 0.1) is 11.2 Å². The molecule has 4 heteroatoms. The van der Waals surface area contributed by atoms with Crippen LogP contribution in [0.1, 0.15) is 18.4 Å². The van der Waals surface area contributed by atoms with E-state index in [2.05, 4.69) is 0 Å². The number of phenols is 1. The molecule has 2 nitrogen and oxygen atoms in total. The van der Waals surface area contributed by atoms with Crippen LogP contribution in [-0.4, -0.2) is 10.2 Å². The second-order valence-corrected chi connectivity index (χ2v) is 3.29. The highest BCUT2D eigenvalue weighted by atomic mass is 19.1. The van der Waals surface area contributed by atoms with E-state index >= 15 is 0 Å². The molecule has 2 N–H and O–H groups in total. The SMILES string of the molecule is Oc1ccc(F)c(C2(O)CC2)c1F. The average Bonchev–Trinajstić information content (AvgIpc) is 2.78. The fraction of sp³-hybridized carbons (Fsp3) is 0.333. The van der Waals surface area contributed by atoms with Crippen molar-refractivity contribution in [1.82, 2.24) is 0 Å². The van der Waals surface area contributed by atoms with Crippen molar-refractivity contribution in [3.05, 3.63) is 29.3 Å². The molecule has 0 amide bonds. The zero-order chi connectivity index (χ0) is 9.64. The summed E-state index contributed by atoms with van der Waals surface area (Å²) in [6.07, 6.45) is 0.675. The van der Waals surface area contributed by atoms with Crippen molar-refractivity contribution in [3.8, 4) is 5.75 Å². The molecule has 0 saturated heterocycles. The van der Waals surface area contributed by atoms with Crippen molar-refractivity contribution in [1.29, 1.82) is 0 Å². The normalized spacial score (nSPS) is 18.7. The van der Waals surface area contributed by atoms with Gasteiger partial charge < -0.3 is 10.2 Å². The Balaban J connectivity index is 2.61. The first-order valence-corrected chi connectivity index (χ1v) is 3.94. The lowest BCUT2D eigenvalue weighted by Crippen LogP contribution is -2.10. The van der Waals surface area contributed by atoms with Gasteiger partial charge in [-0.05, 0) is 25.0 Å². The number of aromatic hydroxyl groups is 1. The molecule has 2 rings (SSSR count). The van der Waals surface area contributed by atoms with E-state index in [4.69, 9.17) is 5.11 Å². The Kier molecular flexibility index (Phi) is 1.57. The molecule has 1 aromatic carbocycles. The molecule has 0 aliphatic heterocycles. The van der Waals surface area contributed by atoms with E-state index in [1.54, 1.807) is 0 Å². The summed E-state index contributed by atoms with van der Waals surface area (Å²) in [7, 11) is 0. The van der Waals surface area contributed by atoms with E-state index in [1.807, 2.05) is 0 Å². The summed E-state index contributed by atoms with van der Waals surface area (Å²) in [4.78, 5) is 0. The molecule has 0 heterocycles. The standard InChI is InChI=1S/C9H8F2O2/c10-5-1-2-6(12)8(11)7(5)9(13)3-4-9/h1-2,12-13H,3-4H2. The number of benzene rings is 1. The van der Waals surface area contributed by atoms with Crippen LogP contribution in [0.4, 0.5) is 8.78 Å². The molecule has 1 saturated carbocycles. The van der Waals surface area contributed by atoms with Crippen molar-refractivity contribution in [3.63, 3.8) is 0 Å². The quantitative estimate of drug-likeness (QED) is 0.700. The minimum Gasteiger partial charge on any atom is -0.505 e. The predicted octanol–water partition coefficient (Wildman–Crippen LogP) is 1.65. The summed E-state index contributed by atoms with van der Waals surface area (Å²) in [6, 6.07) is 1.88.